The summed E-state index contributed by atoms with van der Waals surface area (Å²) in [4.78, 5) is 4.47. The van der Waals surface area contributed by atoms with Crippen molar-refractivity contribution in [2.24, 2.45) is 0 Å². The zero-order valence-corrected chi connectivity index (χ0v) is 12.3. The van der Waals surface area contributed by atoms with Gasteiger partial charge in [0.1, 0.15) is 0 Å². The Morgan fingerprint density at radius 3 is 2.78 bits per heavy atom. The van der Waals surface area contributed by atoms with Gasteiger partial charge >= 0.3 is 6.18 Å². The number of imidazole rings is 1. The molecule has 0 fully saturated rings. The molecule has 4 aromatic rings. The molecule has 0 bridgehead atoms. The number of rotatable bonds is 2. The summed E-state index contributed by atoms with van der Waals surface area (Å²) < 4.78 is 40.6. The van der Waals surface area contributed by atoms with Crippen LogP contribution in [0.3, 0.4) is 0 Å². The van der Waals surface area contributed by atoms with Crippen molar-refractivity contribution in [3.8, 4) is 16.4 Å². The largest absolute Gasteiger partial charge is 0.434 e. The Hall–Kier alpha value is -2.61. The number of fused-ring (bicyclic) bond motifs is 1. The van der Waals surface area contributed by atoms with Crippen LogP contribution < -0.4 is 0 Å². The van der Waals surface area contributed by atoms with Crippen LogP contribution in [0.5, 0.6) is 0 Å². The van der Waals surface area contributed by atoms with E-state index in [2.05, 4.69) is 15.2 Å². The van der Waals surface area contributed by atoms with Gasteiger partial charge in [0.05, 0.1) is 16.6 Å². The van der Waals surface area contributed by atoms with E-state index in [1.54, 1.807) is 41.9 Å². The van der Waals surface area contributed by atoms with Crippen LogP contribution in [0, 0.1) is 0 Å². The zero-order valence-electron chi connectivity index (χ0n) is 11.5. The molecule has 3 aromatic heterocycles. The lowest BCUT2D eigenvalue weighted by Gasteiger charge is -2.06. The van der Waals surface area contributed by atoms with Gasteiger partial charge < -0.3 is 0 Å². The number of halogens is 3. The summed E-state index contributed by atoms with van der Waals surface area (Å²) in [6, 6.07) is 8.83. The molecule has 0 spiro atoms. The number of thiophene rings is 1. The maximum atomic E-state index is 13.1. The number of H-pyrrole nitrogens is 1. The Morgan fingerprint density at radius 1 is 1.17 bits per heavy atom. The molecule has 8 heteroatoms. The summed E-state index contributed by atoms with van der Waals surface area (Å²) in [5.41, 5.74) is 0.515. The average molecular weight is 334 g/mol. The summed E-state index contributed by atoms with van der Waals surface area (Å²) in [7, 11) is 0. The van der Waals surface area contributed by atoms with Gasteiger partial charge in [-0.3, -0.25) is 9.67 Å². The van der Waals surface area contributed by atoms with Gasteiger partial charge in [-0.05, 0) is 29.6 Å². The van der Waals surface area contributed by atoms with Gasteiger partial charge in [0, 0.05) is 17.3 Å². The molecule has 0 saturated carbocycles. The maximum Gasteiger partial charge on any atom is 0.434 e. The Balaban J connectivity index is 1.93. The third-order valence-corrected chi connectivity index (χ3v) is 4.31. The third-order valence-electron chi connectivity index (χ3n) is 3.44. The molecule has 4 rings (SSSR count). The number of aromatic nitrogens is 4. The number of nitrogens with one attached hydrogen (secondary N) is 1. The summed E-state index contributed by atoms with van der Waals surface area (Å²) >= 11 is 1.34. The van der Waals surface area contributed by atoms with Gasteiger partial charge in [-0.1, -0.05) is 6.07 Å². The fraction of sp³-hybridized carbons (Fsp3) is 0.0667. The average Bonchev–Trinajstić information content (AvgIpc) is 3.24. The van der Waals surface area contributed by atoms with Gasteiger partial charge in [0.25, 0.3) is 0 Å². The van der Waals surface area contributed by atoms with Crippen molar-refractivity contribution in [1.29, 1.82) is 0 Å². The van der Waals surface area contributed by atoms with E-state index in [4.69, 9.17) is 0 Å². The Kier molecular flexibility index (Phi) is 3.02. The van der Waals surface area contributed by atoms with E-state index in [0.29, 0.717) is 10.6 Å². The molecule has 3 heterocycles. The number of hydrogen-bond acceptors (Lipinski definition) is 3. The van der Waals surface area contributed by atoms with Crippen molar-refractivity contribution in [3.05, 3.63) is 53.8 Å². The van der Waals surface area contributed by atoms with Gasteiger partial charge in [-0.25, -0.2) is 4.98 Å². The molecule has 23 heavy (non-hydrogen) atoms. The lowest BCUT2D eigenvalue weighted by Crippen LogP contribution is -2.04. The van der Waals surface area contributed by atoms with Crippen LogP contribution in [0.1, 0.15) is 5.69 Å². The summed E-state index contributed by atoms with van der Waals surface area (Å²) in [6.45, 7) is 0. The van der Waals surface area contributed by atoms with E-state index in [-0.39, 0.29) is 5.82 Å². The minimum atomic E-state index is -4.49. The van der Waals surface area contributed by atoms with E-state index in [1.165, 1.54) is 15.9 Å². The first-order valence-corrected chi connectivity index (χ1v) is 7.54. The minimum absolute atomic E-state index is 0.273. The Bertz CT molecular complexity index is 966. The molecule has 116 valence electrons. The van der Waals surface area contributed by atoms with Gasteiger partial charge in [-0.2, -0.15) is 18.3 Å². The topological polar surface area (TPSA) is 46.5 Å². The van der Waals surface area contributed by atoms with Crippen LogP contribution in [0.2, 0.25) is 0 Å². The summed E-state index contributed by atoms with van der Waals surface area (Å²) in [6.07, 6.45) is -1.83. The predicted molar refractivity (Wildman–Crippen MR) is 81.5 cm³/mol. The maximum absolute atomic E-state index is 13.1. The van der Waals surface area contributed by atoms with E-state index >= 15 is 0 Å². The zero-order chi connectivity index (χ0) is 16.0. The monoisotopic (exact) mass is 334 g/mol. The molecule has 0 amide bonds. The smallest absolute Gasteiger partial charge is 0.298 e. The standard InChI is InChI=1S/C15H9F3N4S/c16-15(17,18)13-8-22(14(20-13)12-2-1-5-23-12)10-3-4-11-9(6-10)7-19-21-11/h1-8H,(H,19,21). The van der Waals surface area contributed by atoms with Crippen LogP contribution in [0.4, 0.5) is 13.2 Å². The SMILES string of the molecule is FC(F)(F)c1cn(-c2ccc3[nH]ncc3c2)c(-c2cccs2)n1. The summed E-state index contributed by atoms with van der Waals surface area (Å²) in [5.74, 6) is 0.273. The molecule has 0 unspecified atom stereocenters. The van der Waals surface area contributed by atoms with Crippen LogP contribution in [0.15, 0.2) is 48.1 Å². The summed E-state index contributed by atoms with van der Waals surface area (Å²) in [5, 5.41) is 9.37. The van der Waals surface area contributed by atoms with Gasteiger partial charge in [0.15, 0.2) is 11.5 Å². The van der Waals surface area contributed by atoms with Crippen molar-refractivity contribution in [2.45, 2.75) is 6.18 Å². The molecule has 0 radical (unpaired) electrons. The second-order valence-electron chi connectivity index (χ2n) is 4.94. The highest BCUT2D eigenvalue weighted by Crippen LogP contribution is 2.34. The molecule has 0 aliphatic carbocycles. The van der Waals surface area contributed by atoms with Crippen molar-refractivity contribution in [1.82, 2.24) is 19.7 Å². The Labute approximate surface area is 132 Å². The highest BCUT2D eigenvalue weighted by atomic mass is 32.1. The first kappa shape index (κ1) is 14.0. The number of benzene rings is 1. The van der Waals surface area contributed by atoms with E-state index in [1.807, 2.05) is 0 Å². The highest BCUT2D eigenvalue weighted by Gasteiger charge is 2.35. The second-order valence-corrected chi connectivity index (χ2v) is 5.88. The number of aromatic amines is 1. The minimum Gasteiger partial charge on any atom is -0.298 e. The van der Waals surface area contributed by atoms with E-state index in [9.17, 15) is 13.2 Å². The molecule has 4 nitrogen and oxygen atoms in total. The van der Waals surface area contributed by atoms with Crippen LogP contribution >= 0.6 is 11.3 Å². The lowest BCUT2D eigenvalue weighted by molar-refractivity contribution is -0.140. The molecule has 0 saturated heterocycles. The van der Waals surface area contributed by atoms with Crippen molar-refractivity contribution >= 4 is 22.2 Å². The normalized spacial score (nSPS) is 12.1. The number of hydrogen-bond donors (Lipinski definition) is 1. The molecule has 0 atom stereocenters. The van der Waals surface area contributed by atoms with Crippen molar-refractivity contribution in [3.63, 3.8) is 0 Å². The molecule has 0 aliphatic heterocycles. The second kappa shape index (κ2) is 4.95. The molecular weight excluding hydrogens is 325 g/mol. The Morgan fingerprint density at radius 2 is 2.04 bits per heavy atom. The quantitative estimate of drug-likeness (QED) is 0.587. The first-order chi connectivity index (χ1) is 11.0. The fourth-order valence-electron chi connectivity index (χ4n) is 2.37. The molecular formula is C15H9F3N4S. The fourth-order valence-corrected chi connectivity index (χ4v) is 3.08. The third kappa shape index (κ3) is 2.40. The predicted octanol–water partition coefficient (Wildman–Crippen LogP) is 4.50. The van der Waals surface area contributed by atoms with Crippen LogP contribution in [0.25, 0.3) is 27.3 Å². The first-order valence-electron chi connectivity index (χ1n) is 6.66. The van der Waals surface area contributed by atoms with Crippen molar-refractivity contribution < 1.29 is 13.2 Å². The molecule has 1 N–H and O–H groups in total. The van der Waals surface area contributed by atoms with Gasteiger partial charge in [0.2, 0.25) is 0 Å². The van der Waals surface area contributed by atoms with Gasteiger partial charge in [-0.15, -0.1) is 11.3 Å². The number of alkyl halides is 3. The highest BCUT2D eigenvalue weighted by molar-refractivity contribution is 7.13. The number of nitrogens with zero attached hydrogens (tertiary/aromatic N) is 3. The molecule has 1 aromatic carbocycles. The van der Waals surface area contributed by atoms with E-state index < -0.39 is 11.9 Å². The van der Waals surface area contributed by atoms with Crippen LogP contribution in [-0.4, -0.2) is 19.7 Å². The molecule has 0 aliphatic rings. The van der Waals surface area contributed by atoms with Crippen LogP contribution in [-0.2, 0) is 6.18 Å². The lowest BCUT2D eigenvalue weighted by atomic mass is 10.2. The van der Waals surface area contributed by atoms with E-state index in [0.717, 1.165) is 17.1 Å². The van der Waals surface area contributed by atoms with Crippen molar-refractivity contribution in [2.75, 3.05) is 0 Å².